The van der Waals surface area contributed by atoms with Crippen molar-refractivity contribution in [1.29, 1.82) is 5.26 Å². The molecule has 0 bridgehead atoms. The van der Waals surface area contributed by atoms with Crippen LogP contribution in [0.2, 0.25) is 10.0 Å². The van der Waals surface area contributed by atoms with Gasteiger partial charge in [0.2, 0.25) is 11.8 Å². The molecule has 1 aliphatic rings. The normalized spacial score (nSPS) is 15.1. The molecular formula is C22H17BrCl2N4O3. The number of aromatic amines is 1. The van der Waals surface area contributed by atoms with Crippen LogP contribution in [0.5, 0.6) is 17.4 Å². The molecule has 0 saturated carbocycles. The summed E-state index contributed by atoms with van der Waals surface area (Å²) in [6, 6.07) is 11.0. The molecule has 7 nitrogen and oxygen atoms in total. The highest BCUT2D eigenvalue weighted by Gasteiger charge is 2.35. The van der Waals surface area contributed by atoms with Crippen molar-refractivity contribution >= 4 is 39.1 Å². The Bertz CT molecular complexity index is 1280. The van der Waals surface area contributed by atoms with Crippen LogP contribution in [0.25, 0.3) is 0 Å². The van der Waals surface area contributed by atoms with Gasteiger partial charge in [0.1, 0.15) is 18.2 Å². The zero-order valence-corrected chi connectivity index (χ0v) is 20.1. The van der Waals surface area contributed by atoms with E-state index in [-0.39, 0.29) is 18.1 Å². The highest BCUT2D eigenvalue weighted by Crippen LogP contribution is 2.46. The molecule has 4 rings (SSSR count). The van der Waals surface area contributed by atoms with Gasteiger partial charge in [-0.25, -0.2) is 0 Å². The summed E-state index contributed by atoms with van der Waals surface area (Å²) in [5.41, 5.74) is 9.36. The van der Waals surface area contributed by atoms with Crippen LogP contribution in [0.4, 0.5) is 0 Å². The first-order valence-corrected chi connectivity index (χ1v) is 11.0. The molecule has 0 spiro atoms. The van der Waals surface area contributed by atoms with Crippen molar-refractivity contribution < 1.29 is 14.2 Å². The van der Waals surface area contributed by atoms with Crippen molar-refractivity contribution in [3.63, 3.8) is 0 Å². The van der Waals surface area contributed by atoms with E-state index in [1.54, 1.807) is 31.4 Å². The predicted molar refractivity (Wildman–Crippen MR) is 124 cm³/mol. The summed E-state index contributed by atoms with van der Waals surface area (Å²) in [5, 5.41) is 17.9. The van der Waals surface area contributed by atoms with E-state index in [1.807, 2.05) is 13.0 Å². The van der Waals surface area contributed by atoms with Crippen LogP contribution in [0.1, 0.15) is 28.3 Å². The van der Waals surface area contributed by atoms with Crippen LogP contribution in [-0.4, -0.2) is 17.3 Å². The average Bonchev–Trinajstić information content (AvgIpc) is 3.12. The Hall–Kier alpha value is -2.86. The molecule has 1 aromatic heterocycles. The number of nitrogens with zero attached hydrogens (tertiary/aromatic N) is 2. The van der Waals surface area contributed by atoms with Gasteiger partial charge >= 0.3 is 0 Å². The number of hydrogen-bond donors (Lipinski definition) is 2. The largest absolute Gasteiger partial charge is 0.493 e. The second kappa shape index (κ2) is 8.94. The smallest absolute Gasteiger partial charge is 0.244 e. The lowest BCUT2D eigenvalue weighted by atomic mass is 9.84. The van der Waals surface area contributed by atoms with Crippen molar-refractivity contribution in [2.45, 2.75) is 19.4 Å². The highest BCUT2D eigenvalue weighted by molar-refractivity contribution is 9.10. The average molecular weight is 536 g/mol. The minimum Gasteiger partial charge on any atom is -0.493 e. The summed E-state index contributed by atoms with van der Waals surface area (Å²) in [7, 11) is 1.54. The van der Waals surface area contributed by atoms with Crippen LogP contribution in [0.3, 0.4) is 0 Å². The maximum Gasteiger partial charge on any atom is 0.244 e. The number of fused-ring (bicyclic) bond motifs is 1. The zero-order valence-electron chi connectivity index (χ0n) is 17.0. The van der Waals surface area contributed by atoms with Gasteiger partial charge in [-0.3, -0.25) is 5.10 Å². The highest BCUT2D eigenvalue weighted by atomic mass is 79.9. The Morgan fingerprint density at radius 1 is 1.31 bits per heavy atom. The quantitative estimate of drug-likeness (QED) is 0.441. The van der Waals surface area contributed by atoms with Crippen molar-refractivity contribution in [2.75, 3.05) is 7.11 Å². The summed E-state index contributed by atoms with van der Waals surface area (Å²) in [5.74, 6) is 0.854. The first-order valence-electron chi connectivity index (χ1n) is 9.40. The Labute approximate surface area is 202 Å². The standard InChI is InChI=1S/C22H17BrCl2N4O3/c1-10-18-19(14(8-26)21(27)32-22(18)29-28-10)12-5-15(23)20(17(6-12)30-2)31-9-11-3-4-13(24)7-16(11)25/h3-7,19H,9,27H2,1-2H3,(H,28,29)/t19-/m1/s1. The van der Waals surface area contributed by atoms with E-state index >= 15 is 0 Å². The van der Waals surface area contributed by atoms with Gasteiger partial charge in [0.05, 0.1) is 17.5 Å². The number of nitriles is 1. The lowest BCUT2D eigenvalue weighted by molar-refractivity contribution is 0.282. The second-order valence-corrected chi connectivity index (χ2v) is 8.75. The van der Waals surface area contributed by atoms with E-state index in [0.717, 1.165) is 22.4 Å². The molecule has 0 amide bonds. The number of nitrogens with one attached hydrogen (secondary N) is 1. The van der Waals surface area contributed by atoms with Gasteiger partial charge < -0.3 is 19.9 Å². The number of ether oxygens (including phenoxy) is 3. The Morgan fingerprint density at radius 2 is 2.09 bits per heavy atom. The first-order chi connectivity index (χ1) is 15.3. The van der Waals surface area contributed by atoms with Gasteiger partial charge in [0, 0.05) is 26.9 Å². The lowest BCUT2D eigenvalue weighted by Gasteiger charge is -2.25. The number of H-pyrrole nitrogens is 1. The number of allylic oxidation sites excluding steroid dienone is 1. The lowest BCUT2D eigenvalue weighted by Crippen LogP contribution is -2.21. The zero-order chi connectivity index (χ0) is 23.0. The Balaban J connectivity index is 1.74. The fourth-order valence-electron chi connectivity index (χ4n) is 3.57. The second-order valence-electron chi connectivity index (χ2n) is 7.05. The molecule has 1 atom stereocenters. The molecule has 0 saturated heterocycles. The van der Waals surface area contributed by atoms with Gasteiger partial charge in [-0.2, -0.15) is 5.26 Å². The topological polar surface area (TPSA) is 106 Å². The Morgan fingerprint density at radius 3 is 2.78 bits per heavy atom. The molecule has 164 valence electrons. The van der Waals surface area contributed by atoms with Crippen molar-refractivity contribution in [1.82, 2.24) is 10.2 Å². The maximum atomic E-state index is 9.77. The molecule has 3 aromatic rings. The summed E-state index contributed by atoms with van der Waals surface area (Å²) in [6.45, 7) is 2.07. The third kappa shape index (κ3) is 3.99. The number of nitrogens with two attached hydrogens (primary N) is 1. The predicted octanol–water partition coefficient (Wildman–Crippen LogP) is 5.59. The maximum absolute atomic E-state index is 9.77. The summed E-state index contributed by atoms with van der Waals surface area (Å²) < 4.78 is 17.8. The van der Waals surface area contributed by atoms with Crippen LogP contribution < -0.4 is 19.9 Å². The third-order valence-corrected chi connectivity index (χ3v) is 6.28. The minimum absolute atomic E-state index is 0.0179. The SMILES string of the molecule is COc1cc([C@@H]2C(C#N)=C(N)Oc3n[nH]c(C)c32)cc(Br)c1OCc1ccc(Cl)cc1Cl. The van der Waals surface area contributed by atoms with Crippen LogP contribution in [0, 0.1) is 18.3 Å². The fraction of sp³-hybridized carbons (Fsp3) is 0.182. The molecule has 10 heteroatoms. The molecule has 0 fully saturated rings. The number of rotatable bonds is 5. The molecule has 0 unspecified atom stereocenters. The molecule has 32 heavy (non-hydrogen) atoms. The molecule has 1 aliphatic heterocycles. The van der Waals surface area contributed by atoms with Gasteiger partial charge in [-0.05, 0) is 52.7 Å². The first kappa shape index (κ1) is 22.3. The van der Waals surface area contributed by atoms with Crippen LogP contribution in [0.15, 0.2) is 46.3 Å². The number of aromatic nitrogens is 2. The van der Waals surface area contributed by atoms with Crippen molar-refractivity contribution in [2.24, 2.45) is 5.73 Å². The monoisotopic (exact) mass is 534 g/mol. The van der Waals surface area contributed by atoms with E-state index < -0.39 is 5.92 Å². The van der Waals surface area contributed by atoms with E-state index in [2.05, 4.69) is 32.2 Å². The number of methoxy groups -OCH3 is 1. The van der Waals surface area contributed by atoms with E-state index in [9.17, 15) is 5.26 Å². The van der Waals surface area contributed by atoms with Gasteiger partial charge in [0.25, 0.3) is 0 Å². The minimum atomic E-state index is -0.479. The molecular weight excluding hydrogens is 519 g/mol. The van der Waals surface area contributed by atoms with E-state index in [4.69, 9.17) is 43.1 Å². The van der Waals surface area contributed by atoms with Crippen LogP contribution >= 0.6 is 39.1 Å². The number of halogens is 3. The molecule has 2 heterocycles. The summed E-state index contributed by atoms with van der Waals surface area (Å²) in [4.78, 5) is 0. The third-order valence-electron chi connectivity index (χ3n) is 5.10. The van der Waals surface area contributed by atoms with Crippen molar-refractivity contribution in [3.8, 4) is 23.4 Å². The molecule has 0 radical (unpaired) electrons. The summed E-state index contributed by atoms with van der Waals surface area (Å²) >= 11 is 15.8. The van der Waals surface area contributed by atoms with Crippen molar-refractivity contribution in [3.05, 3.63) is 78.7 Å². The Kier molecular flexibility index (Phi) is 6.24. The van der Waals surface area contributed by atoms with Gasteiger partial charge in [-0.1, -0.05) is 29.3 Å². The van der Waals surface area contributed by atoms with Crippen LogP contribution in [-0.2, 0) is 6.61 Å². The van der Waals surface area contributed by atoms with E-state index in [0.29, 0.717) is 31.9 Å². The van der Waals surface area contributed by atoms with E-state index in [1.165, 1.54) is 0 Å². The molecule has 2 aromatic carbocycles. The molecule has 3 N–H and O–H groups in total. The van der Waals surface area contributed by atoms with Gasteiger partial charge in [-0.15, -0.1) is 5.10 Å². The number of benzene rings is 2. The summed E-state index contributed by atoms with van der Waals surface area (Å²) in [6.07, 6.45) is 0. The fourth-order valence-corrected chi connectivity index (χ4v) is 4.60. The molecule has 0 aliphatic carbocycles. The van der Waals surface area contributed by atoms with Gasteiger partial charge in [0.15, 0.2) is 11.5 Å². The number of hydrogen-bond acceptors (Lipinski definition) is 6. The number of aryl methyl sites for hydroxylation is 1.